The van der Waals surface area contributed by atoms with Crippen LogP contribution in [0.4, 0.5) is 18.9 Å². The van der Waals surface area contributed by atoms with Crippen LogP contribution in [0.5, 0.6) is 0 Å². The molecule has 0 atom stereocenters. The van der Waals surface area contributed by atoms with Gasteiger partial charge < -0.3 is 5.32 Å². The van der Waals surface area contributed by atoms with Crippen molar-refractivity contribution in [3.8, 4) is 0 Å². The molecule has 106 valence electrons. The largest absolute Gasteiger partial charge is 0.319 e. The minimum atomic E-state index is -1.32. The van der Waals surface area contributed by atoms with Crippen LogP contribution in [0, 0.1) is 17.5 Å². The highest BCUT2D eigenvalue weighted by molar-refractivity contribution is 6.06. The van der Waals surface area contributed by atoms with Crippen LogP contribution in [0.1, 0.15) is 10.4 Å². The van der Waals surface area contributed by atoms with E-state index in [9.17, 15) is 18.0 Å². The summed E-state index contributed by atoms with van der Waals surface area (Å²) in [7, 11) is 0. The Morgan fingerprint density at radius 1 is 1.05 bits per heavy atom. The Kier molecular flexibility index (Phi) is 3.09. The maximum atomic E-state index is 13.5. The van der Waals surface area contributed by atoms with Gasteiger partial charge in [-0.2, -0.15) is 5.10 Å². The molecule has 1 aromatic heterocycles. The predicted octanol–water partition coefficient (Wildman–Crippen LogP) is 3.23. The molecule has 0 aliphatic carbocycles. The number of rotatable bonds is 2. The van der Waals surface area contributed by atoms with Crippen LogP contribution < -0.4 is 5.32 Å². The van der Waals surface area contributed by atoms with Gasteiger partial charge in [0.2, 0.25) is 0 Å². The van der Waals surface area contributed by atoms with Crippen molar-refractivity contribution in [2.45, 2.75) is 0 Å². The maximum absolute atomic E-state index is 13.5. The van der Waals surface area contributed by atoms with E-state index in [0.717, 1.165) is 5.39 Å². The zero-order chi connectivity index (χ0) is 15.0. The van der Waals surface area contributed by atoms with Gasteiger partial charge >= 0.3 is 0 Å². The smallest absolute Gasteiger partial charge is 0.255 e. The third-order valence-electron chi connectivity index (χ3n) is 2.96. The Morgan fingerprint density at radius 2 is 1.81 bits per heavy atom. The van der Waals surface area contributed by atoms with E-state index < -0.39 is 29.0 Å². The standard InChI is InChI=1S/C14H8F3N3O/c15-9-4-11(17)13(5-10(9)16)19-14(21)7-1-2-8-6-18-20-12(8)3-7/h1-6H,(H,18,20)(H,19,21). The molecular formula is C14H8F3N3O. The fourth-order valence-corrected chi connectivity index (χ4v) is 1.89. The minimum absolute atomic E-state index is 0.232. The van der Waals surface area contributed by atoms with Crippen molar-refractivity contribution >= 4 is 22.5 Å². The number of fused-ring (bicyclic) bond motifs is 1. The summed E-state index contributed by atoms with van der Waals surface area (Å²) >= 11 is 0. The molecule has 1 amide bonds. The normalized spacial score (nSPS) is 10.8. The van der Waals surface area contributed by atoms with Gasteiger partial charge in [-0.25, -0.2) is 13.2 Å². The highest BCUT2D eigenvalue weighted by Crippen LogP contribution is 2.20. The molecule has 1 heterocycles. The molecule has 0 fully saturated rings. The monoisotopic (exact) mass is 291 g/mol. The summed E-state index contributed by atoms with van der Waals surface area (Å²) in [4.78, 5) is 12.0. The van der Waals surface area contributed by atoms with Crippen molar-refractivity contribution in [2.75, 3.05) is 5.32 Å². The molecule has 3 aromatic rings. The molecule has 0 radical (unpaired) electrons. The molecule has 2 aromatic carbocycles. The number of hydrogen-bond acceptors (Lipinski definition) is 2. The fraction of sp³-hybridized carbons (Fsp3) is 0. The number of aromatic amines is 1. The minimum Gasteiger partial charge on any atom is -0.319 e. The topological polar surface area (TPSA) is 57.8 Å². The zero-order valence-electron chi connectivity index (χ0n) is 10.5. The van der Waals surface area contributed by atoms with E-state index in [1.807, 2.05) is 0 Å². The third-order valence-corrected chi connectivity index (χ3v) is 2.96. The molecular weight excluding hydrogens is 283 g/mol. The van der Waals surface area contributed by atoms with E-state index in [1.165, 1.54) is 12.1 Å². The first-order valence-electron chi connectivity index (χ1n) is 5.93. The first kappa shape index (κ1) is 13.2. The second kappa shape index (κ2) is 4.93. The van der Waals surface area contributed by atoms with Crippen LogP contribution >= 0.6 is 0 Å². The Balaban J connectivity index is 1.90. The lowest BCUT2D eigenvalue weighted by Crippen LogP contribution is -2.13. The second-order valence-corrected chi connectivity index (χ2v) is 4.37. The van der Waals surface area contributed by atoms with Gasteiger partial charge in [-0.15, -0.1) is 0 Å². The quantitative estimate of drug-likeness (QED) is 0.712. The number of hydrogen-bond donors (Lipinski definition) is 2. The molecule has 7 heteroatoms. The van der Waals surface area contributed by atoms with E-state index in [4.69, 9.17) is 0 Å². The Hall–Kier alpha value is -2.83. The number of H-pyrrole nitrogens is 1. The van der Waals surface area contributed by atoms with E-state index in [1.54, 1.807) is 12.3 Å². The molecule has 0 saturated heterocycles. The van der Waals surface area contributed by atoms with E-state index in [0.29, 0.717) is 17.6 Å². The lowest BCUT2D eigenvalue weighted by atomic mass is 10.1. The highest BCUT2D eigenvalue weighted by atomic mass is 19.2. The van der Waals surface area contributed by atoms with Gasteiger partial charge in [0.15, 0.2) is 11.6 Å². The number of halogens is 3. The molecule has 0 saturated carbocycles. The lowest BCUT2D eigenvalue weighted by molar-refractivity contribution is 0.102. The first-order valence-corrected chi connectivity index (χ1v) is 5.93. The molecule has 0 aliphatic heterocycles. The van der Waals surface area contributed by atoms with Crippen LogP contribution in [0.2, 0.25) is 0 Å². The molecule has 4 nitrogen and oxygen atoms in total. The average molecular weight is 291 g/mol. The molecule has 2 N–H and O–H groups in total. The average Bonchev–Trinajstić information content (AvgIpc) is 2.92. The van der Waals surface area contributed by atoms with Gasteiger partial charge in [0.05, 0.1) is 17.4 Å². The van der Waals surface area contributed by atoms with Crippen molar-refractivity contribution < 1.29 is 18.0 Å². The second-order valence-electron chi connectivity index (χ2n) is 4.37. The molecule has 0 spiro atoms. The van der Waals surface area contributed by atoms with Crippen molar-refractivity contribution in [3.05, 3.63) is 59.5 Å². The van der Waals surface area contributed by atoms with Crippen LogP contribution in [0.15, 0.2) is 36.5 Å². The van der Waals surface area contributed by atoms with Crippen molar-refractivity contribution in [2.24, 2.45) is 0 Å². The number of carbonyl (C=O) groups is 1. The number of nitrogens with zero attached hydrogens (tertiary/aromatic N) is 1. The van der Waals surface area contributed by atoms with Crippen molar-refractivity contribution in [1.82, 2.24) is 10.2 Å². The third kappa shape index (κ3) is 2.45. The molecule has 0 aliphatic rings. The van der Waals surface area contributed by atoms with E-state index in [-0.39, 0.29) is 5.56 Å². The summed E-state index contributed by atoms with van der Waals surface area (Å²) in [5, 5.41) is 9.51. The highest BCUT2D eigenvalue weighted by Gasteiger charge is 2.14. The fourth-order valence-electron chi connectivity index (χ4n) is 1.89. The van der Waals surface area contributed by atoms with Crippen LogP contribution in [-0.2, 0) is 0 Å². The number of carbonyl (C=O) groups excluding carboxylic acids is 1. The van der Waals surface area contributed by atoms with Gasteiger partial charge in [0.25, 0.3) is 5.91 Å². The Labute approximate surface area is 116 Å². The summed E-state index contributed by atoms with van der Waals surface area (Å²) in [6.45, 7) is 0. The van der Waals surface area contributed by atoms with Crippen LogP contribution in [0.3, 0.4) is 0 Å². The van der Waals surface area contributed by atoms with Crippen LogP contribution in [0.25, 0.3) is 10.9 Å². The summed E-state index contributed by atoms with van der Waals surface area (Å²) in [5.74, 6) is -4.25. The lowest BCUT2D eigenvalue weighted by Gasteiger charge is -2.07. The number of benzene rings is 2. The van der Waals surface area contributed by atoms with Crippen molar-refractivity contribution in [3.63, 3.8) is 0 Å². The molecule has 0 bridgehead atoms. The summed E-state index contributed by atoms with van der Waals surface area (Å²) in [6.07, 6.45) is 1.59. The number of nitrogens with one attached hydrogen (secondary N) is 2. The Bertz CT molecular complexity index is 845. The van der Waals surface area contributed by atoms with Crippen molar-refractivity contribution in [1.29, 1.82) is 0 Å². The van der Waals surface area contributed by atoms with Crippen LogP contribution in [-0.4, -0.2) is 16.1 Å². The summed E-state index contributed by atoms with van der Waals surface area (Å²) in [5.41, 5.74) is 0.438. The molecule has 3 rings (SSSR count). The number of anilines is 1. The zero-order valence-corrected chi connectivity index (χ0v) is 10.5. The summed E-state index contributed by atoms with van der Waals surface area (Å²) < 4.78 is 39.4. The van der Waals surface area contributed by atoms with Gasteiger partial charge in [-0.1, -0.05) is 6.07 Å². The van der Waals surface area contributed by atoms with Gasteiger partial charge in [-0.05, 0) is 12.1 Å². The summed E-state index contributed by atoms with van der Waals surface area (Å²) in [6, 6.07) is 5.68. The predicted molar refractivity (Wildman–Crippen MR) is 70.4 cm³/mol. The number of aromatic nitrogens is 2. The molecule has 0 unspecified atom stereocenters. The van der Waals surface area contributed by atoms with Gasteiger partial charge in [-0.3, -0.25) is 9.89 Å². The van der Waals surface area contributed by atoms with Gasteiger partial charge in [0, 0.05) is 23.1 Å². The van der Waals surface area contributed by atoms with E-state index in [2.05, 4.69) is 15.5 Å². The SMILES string of the molecule is O=C(Nc1cc(F)c(F)cc1F)c1ccc2cn[nH]c2c1. The maximum Gasteiger partial charge on any atom is 0.255 e. The van der Waals surface area contributed by atoms with E-state index >= 15 is 0 Å². The number of amides is 1. The molecule has 21 heavy (non-hydrogen) atoms. The first-order chi connectivity index (χ1) is 10.0. The van der Waals surface area contributed by atoms with Gasteiger partial charge in [0.1, 0.15) is 5.82 Å². The Morgan fingerprint density at radius 3 is 2.62 bits per heavy atom.